The number of amides is 1. The molecule has 0 N–H and O–H groups in total. The predicted molar refractivity (Wildman–Crippen MR) is 111 cm³/mol. The van der Waals surface area contributed by atoms with Crippen LogP contribution in [0.5, 0.6) is 5.88 Å². The van der Waals surface area contributed by atoms with Crippen molar-refractivity contribution in [3.63, 3.8) is 0 Å². The molecule has 0 saturated carbocycles. The molecule has 2 aliphatic rings. The van der Waals surface area contributed by atoms with Crippen molar-refractivity contribution in [2.75, 3.05) is 6.54 Å². The van der Waals surface area contributed by atoms with E-state index in [1.54, 1.807) is 23.2 Å². The summed E-state index contributed by atoms with van der Waals surface area (Å²) in [7, 11) is 0. The smallest absolute Gasteiger partial charge is 0.261 e. The molecule has 1 aromatic heterocycles. The van der Waals surface area contributed by atoms with E-state index in [-0.39, 0.29) is 18.1 Å². The average molecular weight is 402 g/mol. The topological polar surface area (TPSA) is 81.6 Å². The zero-order chi connectivity index (χ0) is 21.3. The number of pyridine rings is 1. The first-order valence-corrected chi connectivity index (χ1v) is 10.1. The third-order valence-electron chi connectivity index (χ3n) is 5.68. The first kappa shape index (κ1) is 19.8. The van der Waals surface area contributed by atoms with Crippen LogP contribution in [0.2, 0.25) is 0 Å². The Balaban J connectivity index is 1.57. The summed E-state index contributed by atoms with van der Waals surface area (Å²) in [5.74, 6) is 0.433. The Bertz CT molecular complexity index is 1100. The van der Waals surface area contributed by atoms with E-state index in [9.17, 15) is 10.1 Å². The number of aryl methyl sites for hydroxylation is 1. The van der Waals surface area contributed by atoms with Crippen LogP contribution in [-0.2, 0) is 0 Å². The Morgan fingerprint density at radius 3 is 2.80 bits per heavy atom. The SMILES string of the molecule is Cc1ccc([N+]2=NC=C2)c(C(=O)N2CC(Oc3nccc(C#N)c3C)CCC2C)c1. The van der Waals surface area contributed by atoms with Gasteiger partial charge in [-0.25, -0.2) is 4.98 Å². The monoisotopic (exact) mass is 402 g/mol. The van der Waals surface area contributed by atoms with Crippen molar-refractivity contribution in [1.29, 1.82) is 5.26 Å². The lowest BCUT2D eigenvalue weighted by Crippen LogP contribution is -2.49. The van der Waals surface area contributed by atoms with E-state index in [0.29, 0.717) is 23.6 Å². The summed E-state index contributed by atoms with van der Waals surface area (Å²) in [6.45, 7) is 6.35. The maximum Gasteiger partial charge on any atom is 0.261 e. The average Bonchev–Trinajstić information content (AvgIpc) is 2.70. The van der Waals surface area contributed by atoms with E-state index in [2.05, 4.69) is 23.1 Å². The molecular weight excluding hydrogens is 378 g/mol. The highest BCUT2D eigenvalue weighted by atomic mass is 16.5. The maximum atomic E-state index is 13.5. The van der Waals surface area contributed by atoms with Gasteiger partial charge in [-0.05, 0) is 56.0 Å². The molecule has 1 aromatic carbocycles. The molecule has 3 heterocycles. The number of carbonyl (C=O) groups is 1. The van der Waals surface area contributed by atoms with Crippen LogP contribution in [0.1, 0.15) is 46.8 Å². The summed E-state index contributed by atoms with van der Waals surface area (Å²) in [6.07, 6.45) is 6.61. The number of rotatable bonds is 4. The van der Waals surface area contributed by atoms with Gasteiger partial charge in [0.15, 0.2) is 6.20 Å². The number of ether oxygens (including phenoxy) is 1. The first-order chi connectivity index (χ1) is 14.5. The summed E-state index contributed by atoms with van der Waals surface area (Å²) >= 11 is 0. The largest absolute Gasteiger partial charge is 0.472 e. The van der Waals surface area contributed by atoms with Crippen LogP contribution < -0.4 is 4.74 Å². The van der Waals surface area contributed by atoms with Crippen LogP contribution in [0, 0.1) is 25.2 Å². The Morgan fingerprint density at radius 2 is 2.10 bits per heavy atom. The molecule has 7 heteroatoms. The van der Waals surface area contributed by atoms with Crippen LogP contribution in [0.15, 0.2) is 48.0 Å². The fourth-order valence-electron chi connectivity index (χ4n) is 3.82. The van der Waals surface area contributed by atoms with Crippen LogP contribution in [0.25, 0.3) is 0 Å². The van der Waals surface area contributed by atoms with Crippen molar-refractivity contribution in [3.05, 3.63) is 65.1 Å². The fraction of sp³-hybridized carbons (Fsp3) is 0.348. The Morgan fingerprint density at radius 1 is 1.30 bits per heavy atom. The van der Waals surface area contributed by atoms with E-state index in [0.717, 1.165) is 29.7 Å². The Kier molecular flexibility index (Phi) is 5.32. The van der Waals surface area contributed by atoms with Gasteiger partial charge in [-0.3, -0.25) is 4.79 Å². The van der Waals surface area contributed by atoms with Crippen molar-refractivity contribution in [2.24, 2.45) is 5.11 Å². The molecule has 2 unspecified atom stereocenters. The normalized spacial score (nSPS) is 20.2. The number of nitrogens with zero attached hydrogens (tertiary/aromatic N) is 5. The van der Waals surface area contributed by atoms with Gasteiger partial charge in [0.05, 0.1) is 18.2 Å². The standard InChI is InChI=1S/C23H24N5O2/c1-15-4-7-21(28-11-10-26-28)20(12-15)23(29)27-14-19(6-5-16(27)2)30-22-17(3)18(13-24)8-9-25-22/h4,7-12,16,19H,5-6,14H2,1-3H3/q+1. The lowest BCUT2D eigenvalue weighted by atomic mass is 9.99. The highest BCUT2D eigenvalue weighted by molar-refractivity contribution is 5.98. The van der Waals surface area contributed by atoms with Gasteiger partial charge in [-0.1, -0.05) is 6.07 Å². The number of azo groups is 2. The van der Waals surface area contributed by atoms with Crippen molar-refractivity contribution in [3.8, 4) is 11.9 Å². The first-order valence-electron chi connectivity index (χ1n) is 10.1. The molecule has 30 heavy (non-hydrogen) atoms. The lowest BCUT2D eigenvalue weighted by Gasteiger charge is -2.38. The van der Waals surface area contributed by atoms with E-state index < -0.39 is 0 Å². The second kappa shape index (κ2) is 8.07. The van der Waals surface area contributed by atoms with Gasteiger partial charge in [-0.15, -0.1) is 0 Å². The third-order valence-corrected chi connectivity index (χ3v) is 5.68. The lowest BCUT2D eigenvalue weighted by molar-refractivity contribution is -0.456. The van der Waals surface area contributed by atoms with Crippen LogP contribution >= 0.6 is 0 Å². The van der Waals surface area contributed by atoms with Crippen molar-refractivity contribution >= 4 is 11.6 Å². The minimum Gasteiger partial charge on any atom is -0.472 e. The third kappa shape index (κ3) is 3.69. The van der Waals surface area contributed by atoms with Crippen molar-refractivity contribution < 1.29 is 14.2 Å². The Hall–Kier alpha value is -3.53. The molecule has 1 fully saturated rings. The highest BCUT2D eigenvalue weighted by Gasteiger charge is 2.34. The van der Waals surface area contributed by atoms with Crippen LogP contribution in [-0.4, -0.2) is 39.2 Å². The number of piperidine rings is 1. The summed E-state index contributed by atoms with van der Waals surface area (Å²) in [5, 5.41) is 13.4. The number of hydrogen-bond donors (Lipinski definition) is 0. The number of aromatic nitrogens is 1. The molecule has 2 aromatic rings. The molecule has 1 amide bonds. The van der Waals surface area contributed by atoms with E-state index in [1.165, 1.54) is 0 Å². The van der Waals surface area contributed by atoms with Gasteiger partial charge in [0, 0.05) is 29.0 Å². The maximum absolute atomic E-state index is 13.5. The number of nitriles is 1. The molecule has 0 bridgehead atoms. The summed E-state index contributed by atoms with van der Waals surface area (Å²) in [6, 6.07) is 9.77. The van der Waals surface area contributed by atoms with Crippen molar-refractivity contribution in [2.45, 2.75) is 45.8 Å². The van der Waals surface area contributed by atoms with Gasteiger partial charge in [0.2, 0.25) is 12.1 Å². The van der Waals surface area contributed by atoms with E-state index >= 15 is 0 Å². The minimum atomic E-state index is -0.174. The quantitative estimate of drug-likeness (QED) is 0.717. The number of likely N-dealkylation sites (tertiary alicyclic amines) is 1. The zero-order valence-corrected chi connectivity index (χ0v) is 17.4. The molecular formula is C23H24N5O2+. The highest BCUT2D eigenvalue weighted by Crippen LogP contribution is 2.29. The second-order valence-corrected chi connectivity index (χ2v) is 7.80. The number of carbonyl (C=O) groups excluding carboxylic acids is 1. The van der Waals surface area contributed by atoms with Crippen LogP contribution in [0.4, 0.5) is 5.69 Å². The van der Waals surface area contributed by atoms with Gasteiger partial charge >= 0.3 is 0 Å². The number of benzene rings is 1. The molecule has 0 spiro atoms. The fourth-order valence-corrected chi connectivity index (χ4v) is 3.82. The minimum absolute atomic E-state index is 0.0274. The summed E-state index contributed by atoms with van der Waals surface area (Å²) < 4.78 is 7.85. The predicted octanol–water partition coefficient (Wildman–Crippen LogP) is 4.22. The summed E-state index contributed by atoms with van der Waals surface area (Å²) in [4.78, 5) is 19.7. The van der Waals surface area contributed by atoms with Gasteiger partial charge in [-0.2, -0.15) is 5.26 Å². The molecule has 2 atom stereocenters. The molecule has 7 nitrogen and oxygen atoms in total. The van der Waals surface area contributed by atoms with E-state index in [1.807, 2.05) is 43.1 Å². The van der Waals surface area contributed by atoms with E-state index in [4.69, 9.17) is 4.74 Å². The van der Waals surface area contributed by atoms with Gasteiger partial charge in [0.25, 0.3) is 11.6 Å². The molecule has 2 aliphatic heterocycles. The molecule has 0 radical (unpaired) electrons. The molecule has 4 rings (SSSR count). The Labute approximate surface area is 175 Å². The second-order valence-electron chi connectivity index (χ2n) is 7.80. The molecule has 152 valence electrons. The zero-order valence-electron chi connectivity index (χ0n) is 17.4. The van der Waals surface area contributed by atoms with Crippen molar-refractivity contribution in [1.82, 2.24) is 9.88 Å². The van der Waals surface area contributed by atoms with Crippen LogP contribution in [0.3, 0.4) is 0 Å². The van der Waals surface area contributed by atoms with Gasteiger partial charge < -0.3 is 9.64 Å². The molecule has 1 saturated heterocycles. The van der Waals surface area contributed by atoms with Gasteiger partial charge in [0.1, 0.15) is 11.7 Å². The summed E-state index contributed by atoms with van der Waals surface area (Å²) in [5.41, 5.74) is 3.72. The molecule has 0 aliphatic carbocycles. The number of hydrogen-bond acceptors (Lipinski definition) is 5.